The van der Waals surface area contributed by atoms with Crippen molar-refractivity contribution < 1.29 is 14.3 Å². The maximum absolute atomic E-state index is 12.8. The quantitative estimate of drug-likeness (QED) is 0.781. The molecule has 0 saturated heterocycles. The van der Waals surface area contributed by atoms with Crippen molar-refractivity contribution in [2.45, 2.75) is 39.3 Å². The van der Waals surface area contributed by atoms with Gasteiger partial charge in [0.2, 0.25) is 0 Å². The molecule has 0 bridgehead atoms. The van der Waals surface area contributed by atoms with E-state index in [0.29, 0.717) is 5.71 Å². The number of aryl methyl sites for hydroxylation is 1. The average Bonchev–Trinajstić information content (AvgIpc) is 3.15. The number of esters is 1. The first-order valence-corrected chi connectivity index (χ1v) is 9.45. The first kappa shape index (κ1) is 19.6. The Morgan fingerprint density at radius 2 is 1.86 bits per heavy atom. The van der Waals surface area contributed by atoms with Crippen molar-refractivity contribution >= 4 is 23.3 Å². The molecule has 0 spiro atoms. The molecule has 28 heavy (non-hydrogen) atoms. The number of anilines is 1. The van der Waals surface area contributed by atoms with Gasteiger partial charge < -0.3 is 10.1 Å². The zero-order chi connectivity index (χ0) is 20.1. The molecule has 1 amide bonds. The summed E-state index contributed by atoms with van der Waals surface area (Å²) in [5, 5.41) is 9.00. The third-order valence-electron chi connectivity index (χ3n) is 4.68. The van der Waals surface area contributed by atoms with E-state index in [1.54, 1.807) is 11.9 Å². The highest BCUT2D eigenvalue weighted by Gasteiger charge is 2.37. The van der Waals surface area contributed by atoms with Gasteiger partial charge in [-0.2, -0.15) is 5.10 Å². The van der Waals surface area contributed by atoms with Crippen molar-refractivity contribution in [1.29, 1.82) is 0 Å². The fourth-order valence-electron chi connectivity index (χ4n) is 3.11. The van der Waals surface area contributed by atoms with Gasteiger partial charge in [0.25, 0.3) is 5.91 Å². The number of nitrogens with zero attached hydrogens (tertiary/aromatic N) is 2. The largest absolute Gasteiger partial charge is 0.464 e. The maximum Gasteiger partial charge on any atom is 0.331 e. The topological polar surface area (TPSA) is 71.0 Å². The molecule has 6 heteroatoms. The minimum absolute atomic E-state index is 0.161. The lowest BCUT2D eigenvalue weighted by molar-refractivity contribution is -0.144. The number of nitrogens with one attached hydrogen (secondary N) is 1. The van der Waals surface area contributed by atoms with E-state index in [9.17, 15) is 9.59 Å². The van der Waals surface area contributed by atoms with Gasteiger partial charge in [-0.3, -0.25) is 9.80 Å². The average molecular weight is 379 g/mol. The van der Waals surface area contributed by atoms with Crippen LogP contribution in [-0.2, 0) is 14.3 Å². The summed E-state index contributed by atoms with van der Waals surface area (Å²) in [6.07, 6.45) is 0.208. The Balaban J connectivity index is 1.80. The van der Waals surface area contributed by atoms with Gasteiger partial charge in [0, 0.05) is 6.42 Å². The van der Waals surface area contributed by atoms with Crippen LogP contribution in [-0.4, -0.2) is 30.2 Å². The number of hydrazone groups is 1. The standard InChI is InChI=1S/C22H25N3O3/c1-4-28-22(27)20-14-19(24-25(20)18-12-10-15(2)11-13-18)21(26)23-16(3)17-8-6-5-7-9-17/h5-13,16,20H,4,14H2,1-3H3,(H,23,26)/t16-,20+/m0/s1. The lowest BCUT2D eigenvalue weighted by Gasteiger charge is -2.21. The minimum atomic E-state index is -0.643. The van der Waals surface area contributed by atoms with Crippen molar-refractivity contribution in [3.63, 3.8) is 0 Å². The molecule has 6 nitrogen and oxygen atoms in total. The van der Waals surface area contributed by atoms with Crippen LogP contribution >= 0.6 is 0 Å². The number of amides is 1. The molecular weight excluding hydrogens is 354 g/mol. The Morgan fingerprint density at radius 1 is 1.18 bits per heavy atom. The molecule has 2 aromatic rings. The van der Waals surface area contributed by atoms with Crippen LogP contribution in [0.4, 0.5) is 5.69 Å². The Labute approximate surface area is 165 Å². The second kappa shape index (κ2) is 8.69. The van der Waals surface area contributed by atoms with Crippen molar-refractivity contribution in [2.24, 2.45) is 5.10 Å². The molecule has 2 atom stereocenters. The van der Waals surface area contributed by atoms with Crippen LogP contribution in [0.3, 0.4) is 0 Å². The number of benzene rings is 2. The fourth-order valence-corrected chi connectivity index (χ4v) is 3.11. The number of carbonyl (C=O) groups is 2. The van der Waals surface area contributed by atoms with E-state index in [-0.39, 0.29) is 30.9 Å². The van der Waals surface area contributed by atoms with Crippen molar-refractivity contribution in [2.75, 3.05) is 11.6 Å². The Morgan fingerprint density at radius 3 is 2.50 bits per heavy atom. The highest BCUT2D eigenvalue weighted by atomic mass is 16.5. The van der Waals surface area contributed by atoms with Gasteiger partial charge in [-0.25, -0.2) is 4.79 Å². The van der Waals surface area contributed by atoms with Gasteiger partial charge in [0.1, 0.15) is 5.71 Å². The lowest BCUT2D eigenvalue weighted by Crippen LogP contribution is -2.37. The van der Waals surface area contributed by atoms with Crippen LogP contribution in [0.2, 0.25) is 0 Å². The summed E-state index contributed by atoms with van der Waals surface area (Å²) in [6, 6.07) is 16.6. The van der Waals surface area contributed by atoms with Crippen LogP contribution in [0, 0.1) is 6.92 Å². The van der Waals surface area contributed by atoms with E-state index in [4.69, 9.17) is 4.74 Å². The Kier molecular flexibility index (Phi) is 6.09. The van der Waals surface area contributed by atoms with E-state index < -0.39 is 6.04 Å². The number of hydrogen-bond donors (Lipinski definition) is 1. The number of rotatable bonds is 6. The molecule has 3 rings (SSSR count). The molecule has 0 saturated carbocycles. The molecule has 0 fully saturated rings. The molecule has 0 aromatic heterocycles. The van der Waals surface area contributed by atoms with Crippen molar-refractivity contribution in [3.05, 3.63) is 65.7 Å². The van der Waals surface area contributed by atoms with Gasteiger partial charge in [-0.1, -0.05) is 48.0 Å². The molecule has 0 unspecified atom stereocenters. The molecule has 2 aromatic carbocycles. The highest BCUT2D eigenvalue weighted by molar-refractivity contribution is 6.40. The first-order valence-electron chi connectivity index (χ1n) is 9.45. The normalized spacial score (nSPS) is 17.0. The summed E-state index contributed by atoms with van der Waals surface area (Å²) in [7, 11) is 0. The summed E-state index contributed by atoms with van der Waals surface area (Å²) in [4.78, 5) is 25.2. The summed E-state index contributed by atoms with van der Waals surface area (Å²) < 4.78 is 5.19. The maximum atomic E-state index is 12.8. The van der Waals surface area contributed by atoms with Crippen molar-refractivity contribution in [1.82, 2.24) is 5.32 Å². The second-order valence-corrected chi connectivity index (χ2v) is 6.80. The minimum Gasteiger partial charge on any atom is -0.464 e. The molecule has 0 radical (unpaired) electrons. The zero-order valence-electron chi connectivity index (χ0n) is 16.4. The summed E-state index contributed by atoms with van der Waals surface area (Å²) in [5.74, 6) is -0.661. The van der Waals surface area contributed by atoms with E-state index in [0.717, 1.165) is 16.8 Å². The molecule has 146 valence electrons. The molecule has 1 N–H and O–H groups in total. The predicted octanol–water partition coefficient (Wildman–Crippen LogP) is 3.37. The van der Waals surface area contributed by atoms with Crippen LogP contribution in [0.1, 0.15) is 37.4 Å². The van der Waals surface area contributed by atoms with E-state index >= 15 is 0 Å². The molecule has 1 aliphatic rings. The van der Waals surface area contributed by atoms with Gasteiger partial charge in [-0.05, 0) is 38.5 Å². The van der Waals surface area contributed by atoms with Crippen LogP contribution in [0.15, 0.2) is 59.7 Å². The third kappa shape index (κ3) is 4.39. The number of hydrogen-bond acceptors (Lipinski definition) is 5. The van der Waals surface area contributed by atoms with E-state index in [1.807, 2.05) is 68.4 Å². The van der Waals surface area contributed by atoms with Gasteiger partial charge in [0.15, 0.2) is 6.04 Å². The van der Waals surface area contributed by atoms with E-state index in [1.165, 1.54) is 0 Å². The van der Waals surface area contributed by atoms with Gasteiger partial charge in [-0.15, -0.1) is 0 Å². The van der Waals surface area contributed by atoms with Crippen LogP contribution in [0.5, 0.6) is 0 Å². The van der Waals surface area contributed by atoms with Crippen LogP contribution < -0.4 is 10.3 Å². The zero-order valence-corrected chi connectivity index (χ0v) is 16.4. The molecule has 1 aliphatic heterocycles. The second-order valence-electron chi connectivity index (χ2n) is 6.80. The first-order chi connectivity index (χ1) is 13.5. The SMILES string of the molecule is CCOC(=O)[C@H]1CC(C(=O)N[C@@H](C)c2ccccc2)=NN1c1ccc(C)cc1. The monoisotopic (exact) mass is 379 g/mol. The van der Waals surface area contributed by atoms with Crippen LogP contribution in [0.25, 0.3) is 0 Å². The number of carbonyl (C=O) groups excluding carboxylic acids is 2. The Hall–Kier alpha value is -3.15. The smallest absolute Gasteiger partial charge is 0.331 e. The highest BCUT2D eigenvalue weighted by Crippen LogP contribution is 2.26. The number of ether oxygens (including phenoxy) is 1. The predicted molar refractivity (Wildman–Crippen MR) is 109 cm³/mol. The third-order valence-corrected chi connectivity index (χ3v) is 4.68. The summed E-state index contributed by atoms with van der Waals surface area (Å²) in [6.45, 7) is 5.95. The molecule has 0 aliphatic carbocycles. The fraction of sp³-hybridized carbons (Fsp3) is 0.318. The van der Waals surface area contributed by atoms with Gasteiger partial charge >= 0.3 is 5.97 Å². The summed E-state index contributed by atoms with van der Waals surface area (Å²) in [5.41, 5.74) is 3.19. The summed E-state index contributed by atoms with van der Waals surface area (Å²) >= 11 is 0. The van der Waals surface area contributed by atoms with E-state index in [2.05, 4.69) is 10.4 Å². The van der Waals surface area contributed by atoms with Crippen molar-refractivity contribution in [3.8, 4) is 0 Å². The lowest BCUT2D eigenvalue weighted by atomic mass is 10.1. The Bertz CT molecular complexity index is 862. The molecule has 1 heterocycles. The molecular formula is C22H25N3O3. The van der Waals surface area contributed by atoms with Gasteiger partial charge in [0.05, 0.1) is 18.3 Å².